The molecular formula is C23H32N4O5. The molecule has 3 amide bonds. The van der Waals surface area contributed by atoms with Crippen LogP contribution in [0.5, 0.6) is 0 Å². The number of esters is 1. The number of nitrogens with zero attached hydrogens (tertiary/aromatic N) is 2. The molecule has 9 heteroatoms. The second kappa shape index (κ2) is 10.5. The van der Waals surface area contributed by atoms with Crippen molar-refractivity contribution in [3.63, 3.8) is 0 Å². The molecule has 2 N–H and O–H groups in total. The van der Waals surface area contributed by atoms with Crippen LogP contribution in [0.25, 0.3) is 0 Å². The summed E-state index contributed by atoms with van der Waals surface area (Å²) in [5, 5.41) is 5.72. The molecule has 32 heavy (non-hydrogen) atoms. The molecule has 174 valence electrons. The van der Waals surface area contributed by atoms with Gasteiger partial charge < -0.3 is 25.0 Å². The summed E-state index contributed by atoms with van der Waals surface area (Å²) in [6.07, 6.45) is -0.316. The third-order valence-electron chi connectivity index (χ3n) is 5.67. The second-order valence-corrected chi connectivity index (χ2v) is 7.97. The zero-order chi connectivity index (χ0) is 23.3. The molecule has 3 rings (SSSR count). The molecule has 0 aliphatic carbocycles. The van der Waals surface area contributed by atoms with Gasteiger partial charge in [-0.15, -0.1) is 0 Å². The quantitative estimate of drug-likeness (QED) is 0.653. The van der Waals surface area contributed by atoms with E-state index in [1.54, 1.807) is 18.7 Å². The van der Waals surface area contributed by atoms with Crippen LogP contribution in [0, 0.1) is 13.8 Å². The molecule has 2 heterocycles. The molecule has 0 spiro atoms. The minimum absolute atomic E-state index is 0.237. The molecule has 0 bridgehead atoms. The van der Waals surface area contributed by atoms with Crippen LogP contribution in [0.15, 0.2) is 29.5 Å². The molecule has 0 saturated carbocycles. The Balaban J connectivity index is 1.88. The summed E-state index contributed by atoms with van der Waals surface area (Å²) in [5.41, 5.74) is 3.83. The summed E-state index contributed by atoms with van der Waals surface area (Å²) in [6, 6.07) is 5.01. The van der Waals surface area contributed by atoms with E-state index in [-0.39, 0.29) is 18.7 Å². The van der Waals surface area contributed by atoms with Crippen molar-refractivity contribution in [2.24, 2.45) is 0 Å². The fourth-order valence-corrected chi connectivity index (χ4v) is 4.02. The third-order valence-corrected chi connectivity index (χ3v) is 5.67. The van der Waals surface area contributed by atoms with Gasteiger partial charge in [0.2, 0.25) is 0 Å². The number of rotatable bonds is 6. The number of hydrogen-bond donors (Lipinski definition) is 2. The van der Waals surface area contributed by atoms with E-state index in [0.717, 1.165) is 16.7 Å². The van der Waals surface area contributed by atoms with E-state index in [1.165, 1.54) is 0 Å². The maximum absolute atomic E-state index is 13.0. The van der Waals surface area contributed by atoms with E-state index in [9.17, 15) is 14.4 Å². The maximum atomic E-state index is 13.0. The van der Waals surface area contributed by atoms with Crippen molar-refractivity contribution in [2.75, 3.05) is 45.9 Å². The average Bonchev–Trinajstić information content (AvgIpc) is 2.76. The van der Waals surface area contributed by atoms with Crippen LogP contribution in [-0.2, 0) is 14.3 Å². The zero-order valence-electron chi connectivity index (χ0n) is 19.2. The lowest BCUT2D eigenvalue weighted by molar-refractivity contribution is -0.139. The average molecular weight is 445 g/mol. The molecule has 0 unspecified atom stereocenters. The van der Waals surface area contributed by atoms with Gasteiger partial charge in [-0.25, -0.2) is 14.4 Å². The number of hydrogen-bond acceptors (Lipinski definition) is 6. The first-order valence-electron chi connectivity index (χ1n) is 11.0. The molecule has 1 fully saturated rings. The van der Waals surface area contributed by atoms with Crippen molar-refractivity contribution in [1.82, 2.24) is 20.4 Å². The molecule has 0 radical (unpaired) electrons. The minimum Gasteiger partial charge on any atom is -0.463 e. The van der Waals surface area contributed by atoms with Gasteiger partial charge in [0.25, 0.3) is 0 Å². The summed E-state index contributed by atoms with van der Waals surface area (Å²) in [7, 11) is 0. The number of amides is 3. The van der Waals surface area contributed by atoms with Gasteiger partial charge in [0, 0.05) is 38.4 Å². The molecule has 1 atom stereocenters. The molecule has 0 aromatic heterocycles. The maximum Gasteiger partial charge on any atom is 0.409 e. The van der Waals surface area contributed by atoms with Crippen molar-refractivity contribution in [1.29, 1.82) is 0 Å². The highest BCUT2D eigenvalue weighted by Crippen LogP contribution is 2.31. The summed E-state index contributed by atoms with van der Waals surface area (Å²) in [6.45, 7) is 10.7. The molecule has 9 nitrogen and oxygen atoms in total. The number of aryl methyl sites for hydroxylation is 2. The lowest BCUT2D eigenvalue weighted by Crippen LogP contribution is -2.52. The standard InChI is InChI=1S/C23H32N4O5/c1-5-31-21(28)19-18(14-26-9-11-27(12-10-26)23(30)32-6-2)24-22(29)25-20(19)17-13-15(3)7-8-16(17)4/h7-8,13,20H,5-6,9-12,14H2,1-4H3,(H2,24,25,29)/t20-/m0/s1. The Labute approximate surface area is 188 Å². The fraction of sp³-hybridized carbons (Fsp3) is 0.522. The third kappa shape index (κ3) is 5.40. The topological polar surface area (TPSA) is 100 Å². The lowest BCUT2D eigenvalue weighted by Gasteiger charge is -2.36. The van der Waals surface area contributed by atoms with Gasteiger partial charge in [-0.3, -0.25) is 4.90 Å². The summed E-state index contributed by atoms with van der Waals surface area (Å²) >= 11 is 0. The highest BCUT2D eigenvalue weighted by atomic mass is 16.6. The second-order valence-electron chi connectivity index (χ2n) is 7.97. The number of benzene rings is 1. The Bertz CT molecular complexity index is 906. The molecule has 2 aliphatic rings. The lowest BCUT2D eigenvalue weighted by atomic mass is 9.91. The SMILES string of the molecule is CCOC(=O)C1=C(CN2CCN(C(=O)OCC)CC2)NC(=O)N[C@H]1c1cc(C)ccc1C. The van der Waals surface area contributed by atoms with Gasteiger partial charge in [-0.2, -0.15) is 0 Å². The van der Waals surface area contributed by atoms with E-state index in [2.05, 4.69) is 15.5 Å². The highest BCUT2D eigenvalue weighted by Gasteiger charge is 2.35. The predicted molar refractivity (Wildman–Crippen MR) is 119 cm³/mol. The van der Waals surface area contributed by atoms with E-state index in [1.807, 2.05) is 32.0 Å². The van der Waals surface area contributed by atoms with E-state index >= 15 is 0 Å². The summed E-state index contributed by atoms with van der Waals surface area (Å²) in [4.78, 5) is 41.3. The predicted octanol–water partition coefficient (Wildman–Crippen LogP) is 2.25. The van der Waals surface area contributed by atoms with Gasteiger partial charge in [-0.05, 0) is 38.8 Å². The summed E-state index contributed by atoms with van der Waals surface area (Å²) in [5.74, 6) is -0.453. The minimum atomic E-state index is -0.599. The van der Waals surface area contributed by atoms with Crippen LogP contribution in [0.3, 0.4) is 0 Å². The fourth-order valence-electron chi connectivity index (χ4n) is 4.02. The van der Waals surface area contributed by atoms with Gasteiger partial charge in [-0.1, -0.05) is 23.8 Å². The van der Waals surface area contributed by atoms with Crippen LogP contribution >= 0.6 is 0 Å². The van der Waals surface area contributed by atoms with Gasteiger partial charge in [0.15, 0.2) is 0 Å². The summed E-state index contributed by atoms with van der Waals surface area (Å²) < 4.78 is 10.4. The van der Waals surface area contributed by atoms with Gasteiger partial charge in [0.05, 0.1) is 24.8 Å². The normalized spacial score (nSPS) is 19.3. The smallest absolute Gasteiger partial charge is 0.409 e. The Morgan fingerprint density at radius 3 is 2.41 bits per heavy atom. The monoisotopic (exact) mass is 444 g/mol. The van der Waals surface area contributed by atoms with E-state index in [0.29, 0.717) is 50.6 Å². The van der Waals surface area contributed by atoms with Crippen LogP contribution in [0.1, 0.15) is 36.6 Å². The van der Waals surface area contributed by atoms with E-state index < -0.39 is 12.0 Å². The Morgan fingerprint density at radius 1 is 1.06 bits per heavy atom. The van der Waals surface area contributed by atoms with Crippen LogP contribution < -0.4 is 10.6 Å². The Kier molecular flexibility index (Phi) is 7.74. The molecule has 1 aromatic carbocycles. The van der Waals surface area contributed by atoms with Crippen molar-refractivity contribution < 1.29 is 23.9 Å². The first kappa shape index (κ1) is 23.6. The number of piperazine rings is 1. The number of carbonyl (C=O) groups excluding carboxylic acids is 3. The number of carbonyl (C=O) groups is 3. The van der Waals surface area contributed by atoms with Crippen LogP contribution in [0.4, 0.5) is 9.59 Å². The highest BCUT2D eigenvalue weighted by molar-refractivity contribution is 5.95. The largest absolute Gasteiger partial charge is 0.463 e. The van der Waals surface area contributed by atoms with Crippen LogP contribution in [-0.4, -0.2) is 73.8 Å². The van der Waals surface area contributed by atoms with E-state index in [4.69, 9.17) is 9.47 Å². The Hall–Kier alpha value is -3.07. The number of nitrogens with one attached hydrogen (secondary N) is 2. The Morgan fingerprint density at radius 2 is 1.75 bits per heavy atom. The zero-order valence-corrected chi connectivity index (χ0v) is 19.2. The van der Waals surface area contributed by atoms with Gasteiger partial charge >= 0.3 is 18.1 Å². The molecule has 1 aromatic rings. The number of ether oxygens (including phenoxy) is 2. The van der Waals surface area contributed by atoms with Crippen molar-refractivity contribution in [2.45, 2.75) is 33.7 Å². The van der Waals surface area contributed by atoms with Crippen molar-refractivity contribution >= 4 is 18.1 Å². The molecule has 2 aliphatic heterocycles. The van der Waals surface area contributed by atoms with Crippen LogP contribution in [0.2, 0.25) is 0 Å². The number of urea groups is 1. The van der Waals surface area contributed by atoms with Crippen molar-refractivity contribution in [3.05, 3.63) is 46.2 Å². The molecular weight excluding hydrogens is 412 g/mol. The van der Waals surface area contributed by atoms with Gasteiger partial charge in [0.1, 0.15) is 0 Å². The first-order valence-corrected chi connectivity index (χ1v) is 11.0. The molecule has 1 saturated heterocycles. The van der Waals surface area contributed by atoms with Crippen molar-refractivity contribution in [3.8, 4) is 0 Å². The first-order chi connectivity index (χ1) is 15.3.